The zero-order valence-corrected chi connectivity index (χ0v) is 18.9. The average Bonchev–Trinajstić information content (AvgIpc) is 2.80. The molecule has 1 amide bonds. The molecule has 6 nitrogen and oxygen atoms in total. The molecule has 2 aromatic carbocycles. The molecule has 1 atom stereocenters. The number of anilines is 1. The van der Waals surface area contributed by atoms with E-state index in [9.17, 15) is 9.59 Å². The predicted octanol–water partition coefficient (Wildman–Crippen LogP) is 3.59. The topological polar surface area (TPSA) is 68.4 Å². The van der Waals surface area contributed by atoms with Gasteiger partial charge in [0.25, 0.3) is 5.91 Å². The van der Waals surface area contributed by atoms with Crippen molar-refractivity contribution in [3.63, 3.8) is 0 Å². The molecule has 0 bridgehead atoms. The largest absolute Gasteiger partial charge is 0.369 e. The fourth-order valence-corrected chi connectivity index (χ4v) is 4.05. The summed E-state index contributed by atoms with van der Waals surface area (Å²) in [4.78, 5) is 31.9. The van der Waals surface area contributed by atoms with Crippen LogP contribution < -0.4 is 15.8 Å². The number of aryl methyl sites for hydroxylation is 1. The Labute approximate surface area is 188 Å². The van der Waals surface area contributed by atoms with Crippen molar-refractivity contribution in [2.24, 2.45) is 0 Å². The third-order valence-electron chi connectivity index (χ3n) is 6.19. The van der Waals surface area contributed by atoms with Crippen LogP contribution in [0.3, 0.4) is 0 Å². The molecular weight excluding hydrogens is 400 g/mol. The number of H-pyrrole nitrogens is 1. The summed E-state index contributed by atoms with van der Waals surface area (Å²) in [6.45, 7) is 7.95. The maximum atomic E-state index is 13.2. The minimum atomic E-state index is -0.156. The fourth-order valence-electron chi connectivity index (χ4n) is 4.05. The number of benzene rings is 2. The SMILES string of the molecule is Cc1ccc(N2CCN(C)CC2)cc1C(=O)N[C@H](C)c1cccc(-c2ccc(=O)[nH]c2)c1. The second-order valence-electron chi connectivity index (χ2n) is 8.55. The van der Waals surface area contributed by atoms with Crippen LogP contribution >= 0.6 is 0 Å². The summed E-state index contributed by atoms with van der Waals surface area (Å²) in [5.41, 5.74) is 5.59. The molecule has 0 spiro atoms. The van der Waals surface area contributed by atoms with Crippen LogP contribution in [-0.2, 0) is 0 Å². The molecule has 0 aliphatic carbocycles. The van der Waals surface area contributed by atoms with Gasteiger partial charge in [0, 0.05) is 49.7 Å². The molecule has 6 heteroatoms. The highest BCUT2D eigenvalue weighted by Crippen LogP contribution is 2.24. The summed E-state index contributed by atoms with van der Waals surface area (Å²) in [5.74, 6) is -0.0691. The summed E-state index contributed by atoms with van der Waals surface area (Å²) >= 11 is 0. The molecule has 1 aliphatic rings. The number of nitrogens with zero attached hydrogens (tertiary/aromatic N) is 2. The smallest absolute Gasteiger partial charge is 0.252 e. The van der Waals surface area contributed by atoms with Crippen molar-refractivity contribution in [2.45, 2.75) is 19.9 Å². The number of amides is 1. The van der Waals surface area contributed by atoms with E-state index < -0.39 is 0 Å². The molecule has 0 unspecified atom stereocenters. The van der Waals surface area contributed by atoms with Crippen molar-refractivity contribution in [1.29, 1.82) is 0 Å². The summed E-state index contributed by atoms with van der Waals surface area (Å²) in [6, 6.07) is 17.3. The van der Waals surface area contributed by atoms with Crippen LogP contribution in [0.15, 0.2) is 65.6 Å². The minimum Gasteiger partial charge on any atom is -0.369 e. The number of carbonyl (C=O) groups excluding carboxylic acids is 1. The number of aromatic amines is 1. The van der Waals surface area contributed by atoms with E-state index in [0.29, 0.717) is 5.56 Å². The number of likely N-dealkylation sites (N-methyl/N-ethyl adjacent to an activating group) is 1. The lowest BCUT2D eigenvalue weighted by Gasteiger charge is -2.34. The second kappa shape index (κ2) is 9.40. The highest BCUT2D eigenvalue weighted by Gasteiger charge is 2.18. The second-order valence-corrected chi connectivity index (χ2v) is 8.55. The van der Waals surface area contributed by atoms with Crippen molar-refractivity contribution >= 4 is 11.6 Å². The van der Waals surface area contributed by atoms with Gasteiger partial charge in [0.2, 0.25) is 5.56 Å². The van der Waals surface area contributed by atoms with Crippen molar-refractivity contribution in [3.05, 3.63) is 87.8 Å². The first-order valence-corrected chi connectivity index (χ1v) is 11.0. The molecule has 1 fully saturated rings. The first-order valence-electron chi connectivity index (χ1n) is 11.0. The average molecular weight is 431 g/mol. The first-order chi connectivity index (χ1) is 15.4. The van der Waals surface area contributed by atoms with E-state index in [1.165, 1.54) is 6.07 Å². The van der Waals surface area contributed by atoms with Gasteiger partial charge in [0.05, 0.1) is 6.04 Å². The Morgan fingerprint density at radius 3 is 2.50 bits per heavy atom. The van der Waals surface area contributed by atoms with E-state index in [-0.39, 0.29) is 17.5 Å². The van der Waals surface area contributed by atoms with Crippen molar-refractivity contribution in [1.82, 2.24) is 15.2 Å². The molecule has 1 aliphatic heterocycles. The van der Waals surface area contributed by atoms with Gasteiger partial charge in [-0.1, -0.05) is 24.3 Å². The van der Waals surface area contributed by atoms with Gasteiger partial charge in [0.15, 0.2) is 0 Å². The lowest BCUT2D eigenvalue weighted by molar-refractivity contribution is 0.0939. The third kappa shape index (κ3) is 4.92. The van der Waals surface area contributed by atoms with Crippen molar-refractivity contribution in [2.75, 3.05) is 38.1 Å². The highest BCUT2D eigenvalue weighted by molar-refractivity contribution is 5.96. The molecule has 0 saturated carbocycles. The molecule has 4 rings (SSSR count). The number of pyridine rings is 1. The quantitative estimate of drug-likeness (QED) is 0.649. The standard InChI is InChI=1S/C26H30N4O2/c1-18-7-9-23(30-13-11-29(3)12-14-30)16-24(18)26(32)28-19(2)20-5-4-6-21(15-20)22-8-10-25(31)27-17-22/h4-10,15-17,19H,11-14H2,1-3H3,(H,27,31)(H,28,32)/t19-/m1/s1. The van der Waals surface area contributed by atoms with Crippen LogP contribution in [-0.4, -0.2) is 49.0 Å². The number of nitrogens with one attached hydrogen (secondary N) is 2. The molecule has 0 radical (unpaired) electrons. The Hall–Kier alpha value is -3.38. The van der Waals surface area contributed by atoms with Gasteiger partial charge in [-0.2, -0.15) is 0 Å². The summed E-state index contributed by atoms with van der Waals surface area (Å²) in [7, 11) is 2.14. The van der Waals surface area contributed by atoms with Crippen molar-refractivity contribution < 1.29 is 4.79 Å². The number of carbonyl (C=O) groups is 1. The van der Waals surface area contributed by atoms with Crippen LogP contribution in [0.1, 0.15) is 34.5 Å². The lowest BCUT2D eigenvalue weighted by Crippen LogP contribution is -2.44. The molecule has 1 aromatic heterocycles. The van der Waals surface area contributed by atoms with Gasteiger partial charge < -0.3 is 20.1 Å². The van der Waals surface area contributed by atoms with Crippen LogP contribution in [0.5, 0.6) is 0 Å². The normalized spacial score (nSPS) is 15.4. The van der Waals surface area contributed by atoms with Gasteiger partial charge in [-0.05, 0) is 67.4 Å². The molecular formula is C26H30N4O2. The Balaban J connectivity index is 1.50. The van der Waals surface area contributed by atoms with E-state index in [4.69, 9.17) is 0 Å². The minimum absolute atomic E-state index is 0.0691. The first kappa shape index (κ1) is 21.8. The molecule has 3 aromatic rings. The molecule has 166 valence electrons. The van der Waals surface area contributed by atoms with E-state index in [1.807, 2.05) is 50.2 Å². The van der Waals surface area contributed by atoms with E-state index >= 15 is 0 Å². The van der Waals surface area contributed by atoms with Crippen LogP contribution in [0.25, 0.3) is 11.1 Å². The molecule has 1 saturated heterocycles. The Kier molecular flexibility index (Phi) is 6.42. The van der Waals surface area contributed by atoms with Gasteiger partial charge in [-0.25, -0.2) is 0 Å². The van der Waals surface area contributed by atoms with Gasteiger partial charge in [-0.15, -0.1) is 0 Å². The number of hydrogen-bond donors (Lipinski definition) is 2. The Morgan fingerprint density at radius 2 is 1.78 bits per heavy atom. The van der Waals surface area contributed by atoms with E-state index in [2.05, 4.69) is 33.2 Å². The molecule has 32 heavy (non-hydrogen) atoms. The zero-order valence-electron chi connectivity index (χ0n) is 18.9. The van der Waals surface area contributed by atoms with Crippen LogP contribution in [0, 0.1) is 6.92 Å². The fraction of sp³-hybridized carbons (Fsp3) is 0.308. The molecule has 2 heterocycles. The molecule has 2 N–H and O–H groups in total. The summed E-state index contributed by atoms with van der Waals surface area (Å²) < 4.78 is 0. The zero-order chi connectivity index (χ0) is 22.7. The Bertz CT molecular complexity index is 1140. The van der Waals surface area contributed by atoms with E-state index in [0.717, 1.165) is 54.1 Å². The predicted molar refractivity (Wildman–Crippen MR) is 129 cm³/mol. The van der Waals surface area contributed by atoms with E-state index in [1.54, 1.807) is 12.3 Å². The number of piperazine rings is 1. The van der Waals surface area contributed by atoms with Crippen molar-refractivity contribution in [3.8, 4) is 11.1 Å². The highest BCUT2D eigenvalue weighted by atomic mass is 16.1. The Morgan fingerprint density at radius 1 is 1.00 bits per heavy atom. The number of aromatic nitrogens is 1. The monoisotopic (exact) mass is 430 g/mol. The van der Waals surface area contributed by atoms with Gasteiger partial charge in [-0.3, -0.25) is 9.59 Å². The summed E-state index contributed by atoms with van der Waals surface area (Å²) in [5, 5.41) is 3.15. The maximum absolute atomic E-state index is 13.2. The van der Waals surface area contributed by atoms with Gasteiger partial charge >= 0.3 is 0 Å². The lowest BCUT2D eigenvalue weighted by atomic mass is 10.0. The number of rotatable bonds is 5. The maximum Gasteiger partial charge on any atom is 0.252 e. The third-order valence-corrected chi connectivity index (χ3v) is 6.19. The van der Waals surface area contributed by atoms with Crippen LogP contribution in [0.4, 0.5) is 5.69 Å². The van der Waals surface area contributed by atoms with Crippen LogP contribution in [0.2, 0.25) is 0 Å². The van der Waals surface area contributed by atoms with Gasteiger partial charge in [0.1, 0.15) is 0 Å². The number of hydrogen-bond acceptors (Lipinski definition) is 4. The summed E-state index contributed by atoms with van der Waals surface area (Å²) in [6.07, 6.45) is 1.71.